The second-order valence-electron chi connectivity index (χ2n) is 5.13. The van der Waals surface area contributed by atoms with Gasteiger partial charge in [-0.25, -0.2) is 4.79 Å². The van der Waals surface area contributed by atoms with Crippen LogP contribution >= 0.6 is 0 Å². The van der Waals surface area contributed by atoms with E-state index in [0.29, 0.717) is 25.8 Å². The zero-order chi connectivity index (χ0) is 15.9. The van der Waals surface area contributed by atoms with Crippen molar-refractivity contribution < 1.29 is 14.7 Å². The number of aryl methyl sites for hydroxylation is 1. The number of carboxylic acids is 1. The van der Waals surface area contributed by atoms with Crippen molar-refractivity contribution in [3.63, 3.8) is 0 Å². The van der Waals surface area contributed by atoms with Crippen LogP contribution in [-0.4, -0.2) is 40.0 Å². The minimum Gasteiger partial charge on any atom is -0.481 e. The Bertz CT molecular complexity index is 480. The molecular formula is C14H24N4O3. The maximum Gasteiger partial charge on any atom is 0.314 e. The first kappa shape index (κ1) is 17.0. The lowest BCUT2D eigenvalue weighted by Gasteiger charge is -2.26. The van der Waals surface area contributed by atoms with Gasteiger partial charge >= 0.3 is 12.0 Å². The second-order valence-corrected chi connectivity index (χ2v) is 5.13. The molecule has 0 atom stereocenters. The highest BCUT2D eigenvalue weighted by molar-refractivity contribution is 5.78. The van der Waals surface area contributed by atoms with Gasteiger partial charge in [-0.3, -0.25) is 9.48 Å². The Labute approximate surface area is 124 Å². The molecular weight excluding hydrogens is 272 g/mol. The number of rotatable bonds is 8. The number of carbonyl (C=O) groups excluding carboxylic acids is 1. The van der Waals surface area contributed by atoms with Crippen LogP contribution in [0.15, 0.2) is 12.3 Å². The number of nitrogens with one attached hydrogen (secondary N) is 2. The van der Waals surface area contributed by atoms with E-state index in [1.807, 2.05) is 33.2 Å². The van der Waals surface area contributed by atoms with Gasteiger partial charge < -0.3 is 15.7 Å². The standard InChI is InChI=1S/C14H24N4O3/c1-4-14(5-2,12(19)20)10-16-13(21)15-8-6-11-7-9-18(3)17-11/h7,9H,4-6,8,10H2,1-3H3,(H,19,20)(H2,15,16,21). The zero-order valence-corrected chi connectivity index (χ0v) is 12.8. The lowest BCUT2D eigenvalue weighted by Crippen LogP contribution is -2.46. The highest BCUT2D eigenvalue weighted by Crippen LogP contribution is 2.25. The molecule has 0 fully saturated rings. The Kier molecular flexibility index (Phi) is 6.20. The van der Waals surface area contributed by atoms with E-state index < -0.39 is 11.4 Å². The number of carbonyl (C=O) groups is 2. The molecule has 2 amide bonds. The summed E-state index contributed by atoms with van der Waals surface area (Å²) in [4.78, 5) is 23.0. The van der Waals surface area contributed by atoms with Gasteiger partial charge in [0, 0.05) is 32.8 Å². The SMILES string of the molecule is CCC(CC)(CNC(=O)NCCc1ccn(C)n1)C(=O)O. The third kappa shape index (κ3) is 4.77. The first-order chi connectivity index (χ1) is 9.93. The molecule has 0 radical (unpaired) electrons. The number of carboxylic acid groups (broad SMARTS) is 1. The minimum absolute atomic E-state index is 0.130. The van der Waals surface area contributed by atoms with Crippen LogP contribution < -0.4 is 10.6 Å². The second kappa shape index (κ2) is 7.66. The van der Waals surface area contributed by atoms with Gasteiger partial charge in [0.15, 0.2) is 0 Å². The number of amides is 2. The average Bonchev–Trinajstić information content (AvgIpc) is 2.86. The van der Waals surface area contributed by atoms with Crippen LogP contribution in [0.4, 0.5) is 4.79 Å². The molecule has 0 unspecified atom stereocenters. The Morgan fingerprint density at radius 2 is 2.00 bits per heavy atom. The number of aliphatic carboxylic acids is 1. The maximum absolute atomic E-state index is 11.7. The van der Waals surface area contributed by atoms with Gasteiger partial charge in [0.05, 0.1) is 11.1 Å². The fourth-order valence-electron chi connectivity index (χ4n) is 2.09. The molecule has 1 aromatic heterocycles. The molecule has 0 aromatic carbocycles. The molecule has 0 aliphatic carbocycles. The van der Waals surface area contributed by atoms with E-state index in [1.165, 1.54) is 0 Å². The fourth-order valence-corrected chi connectivity index (χ4v) is 2.09. The highest BCUT2D eigenvalue weighted by Gasteiger charge is 2.35. The normalized spacial score (nSPS) is 11.2. The first-order valence-corrected chi connectivity index (χ1v) is 7.17. The highest BCUT2D eigenvalue weighted by atomic mass is 16.4. The molecule has 1 aromatic rings. The monoisotopic (exact) mass is 296 g/mol. The molecule has 3 N–H and O–H groups in total. The summed E-state index contributed by atoms with van der Waals surface area (Å²) in [5.74, 6) is -0.874. The molecule has 0 aliphatic heterocycles. The summed E-state index contributed by atoms with van der Waals surface area (Å²) < 4.78 is 1.71. The topological polar surface area (TPSA) is 96.3 Å². The molecule has 118 valence electrons. The Balaban J connectivity index is 2.34. The summed E-state index contributed by atoms with van der Waals surface area (Å²) in [7, 11) is 1.84. The van der Waals surface area contributed by atoms with Crippen molar-refractivity contribution in [1.82, 2.24) is 20.4 Å². The van der Waals surface area contributed by atoms with E-state index in [1.54, 1.807) is 4.68 Å². The minimum atomic E-state index is -0.891. The molecule has 7 nitrogen and oxygen atoms in total. The van der Waals surface area contributed by atoms with E-state index >= 15 is 0 Å². The number of hydrogen-bond acceptors (Lipinski definition) is 3. The number of aromatic nitrogens is 2. The van der Waals surface area contributed by atoms with Gasteiger partial charge in [0.2, 0.25) is 0 Å². The predicted molar refractivity (Wildman–Crippen MR) is 79.0 cm³/mol. The van der Waals surface area contributed by atoms with E-state index in [0.717, 1.165) is 5.69 Å². The van der Waals surface area contributed by atoms with Crippen LogP contribution in [0.2, 0.25) is 0 Å². The van der Waals surface area contributed by atoms with Crippen molar-refractivity contribution in [2.45, 2.75) is 33.1 Å². The summed E-state index contributed by atoms with van der Waals surface area (Å²) in [5, 5.41) is 18.8. The Morgan fingerprint density at radius 3 is 2.48 bits per heavy atom. The van der Waals surface area contributed by atoms with Crippen molar-refractivity contribution in [3.05, 3.63) is 18.0 Å². The summed E-state index contributed by atoms with van der Waals surface area (Å²) in [5.41, 5.74) is 0.0120. The number of nitrogens with zero attached hydrogens (tertiary/aromatic N) is 2. The fraction of sp³-hybridized carbons (Fsp3) is 0.643. The van der Waals surface area contributed by atoms with Crippen molar-refractivity contribution in [1.29, 1.82) is 0 Å². The molecule has 0 aliphatic rings. The average molecular weight is 296 g/mol. The van der Waals surface area contributed by atoms with Crippen LogP contribution in [0.25, 0.3) is 0 Å². The summed E-state index contributed by atoms with van der Waals surface area (Å²) in [6.45, 7) is 4.22. The predicted octanol–water partition coefficient (Wildman–Crippen LogP) is 1.15. The molecule has 0 saturated carbocycles. The smallest absolute Gasteiger partial charge is 0.314 e. The lowest BCUT2D eigenvalue weighted by molar-refractivity contribution is -0.149. The molecule has 7 heteroatoms. The van der Waals surface area contributed by atoms with Crippen LogP contribution in [0.5, 0.6) is 0 Å². The lowest BCUT2D eigenvalue weighted by atomic mass is 9.82. The molecule has 1 rings (SSSR count). The first-order valence-electron chi connectivity index (χ1n) is 7.17. The van der Waals surface area contributed by atoms with E-state index in [2.05, 4.69) is 15.7 Å². The third-order valence-electron chi connectivity index (χ3n) is 3.83. The molecule has 0 bridgehead atoms. The summed E-state index contributed by atoms with van der Waals surface area (Å²) >= 11 is 0. The van der Waals surface area contributed by atoms with Crippen LogP contribution in [0, 0.1) is 5.41 Å². The Hall–Kier alpha value is -2.05. The quantitative estimate of drug-likeness (QED) is 0.670. The molecule has 0 saturated heterocycles. The zero-order valence-electron chi connectivity index (χ0n) is 12.8. The third-order valence-corrected chi connectivity index (χ3v) is 3.83. The van der Waals surface area contributed by atoms with Gasteiger partial charge in [0.1, 0.15) is 0 Å². The van der Waals surface area contributed by atoms with E-state index in [4.69, 9.17) is 0 Å². The van der Waals surface area contributed by atoms with Crippen molar-refractivity contribution in [2.75, 3.05) is 13.1 Å². The van der Waals surface area contributed by atoms with Gasteiger partial charge in [-0.05, 0) is 18.9 Å². The summed E-state index contributed by atoms with van der Waals surface area (Å²) in [6, 6.07) is 1.54. The van der Waals surface area contributed by atoms with E-state index in [9.17, 15) is 14.7 Å². The van der Waals surface area contributed by atoms with Crippen molar-refractivity contribution in [2.24, 2.45) is 12.5 Å². The van der Waals surface area contributed by atoms with Crippen molar-refractivity contribution >= 4 is 12.0 Å². The largest absolute Gasteiger partial charge is 0.481 e. The molecule has 0 spiro atoms. The molecule has 1 heterocycles. The van der Waals surface area contributed by atoms with Crippen LogP contribution in [-0.2, 0) is 18.3 Å². The van der Waals surface area contributed by atoms with Crippen molar-refractivity contribution in [3.8, 4) is 0 Å². The maximum atomic E-state index is 11.7. The molecule has 21 heavy (non-hydrogen) atoms. The van der Waals surface area contributed by atoms with E-state index in [-0.39, 0.29) is 12.6 Å². The van der Waals surface area contributed by atoms with Gasteiger partial charge in [0.25, 0.3) is 0 Å². The van der Waals surface area contributed by atoms with Crippen LogP contribution in [0.3, 0.4) is 0 Å². The van der Waals surface area contributed by atoms with Crippen LogP contribution in [0.1, 0.15) is 32.4 Å². The van der Waals surface area contributed by atoms with Gasteiger partial charge in [-0.15, -0.1) is 0 Å². The van der Waals surface area contributed by atoms with Gasteiger partial charge in [-0.1, -0.05) is 13.8 Å². The van der Waals surface area contributed by atoms with Gasteiger partial charge in [-0.2, -0.15) is 5.10 Å². The Morgan fingerprint density at radius 1 is 1.33 bits per heavy atom. The number of hydrogen-bond donors (Lipinski definition) is 3. The summed E-state index contributed by atoms with van der Waals surface area (Å²) in [6.07, 6.45) is 3.44. The number of urea groups is 1.